The van der Waals surface area contributed by atoms with Crippen molar-refractivity contribution in [1.82, 2.24) is 4.98 Å². The Morgan fingerprint density at radius 1 is 1.16 bits per heavy atom. The van der Waals surface area contributed by atoms with E-state index in [9.17, 15) is 9.59 Å². The van der Waals surface area contributed by atoms with Gasteiger partial charge < -0.3 is 15.4 Å². The van der Waals surface area contributed by atoms with Gasteiger partial charge in [0.1, 0.15) is 12.4 Å². The quantitative estimate of drug-likeness (QED) is 0.457. The van der Waals surface area contributed by atoms with Gasteiger partial charge in [0, 0.05) is 34.3 Å². The Kier molecular flexibility index (Phi) is 6.66. The molecule has 1 aliphatic rings. The van der Waals surface area contributed by atoms with Crippen molar-refractivity contribution in [3.63, 3.8) is 0 Å². The molecule has 0 radical (unpaired) electrons. The number of carbonyl (C=O) groups is 2. The summed E-state index contributed by atoms with van der Waals surface area (Å²) in [6.45, 7) is 4.25. The van der Waals surface area contributed by atoms with Crippen LogP contribution >= 0.6 is 11.3 Å². The number of nitrogens with zero attached hydrogens (tertiary/aromatic N) is 1. The number of hydrogen-bond donors (Lipinski definition) is 2. The Labute approximate surface area is 191 Å². The second-order valence-electron chi connectivity index (χ2n) is 7.80. The second kappa shape index (κ2) is 9.78. The average Bonchev–Trinajstić information content (AvgIpc) is 3.55. The number of hydrogen-bond acceptors (Lipinski definition) is 5. The van der Waals surface area contributed by atoms with E-state index in [-0.39, 0.29) is 17.7 Å². The summed E-state index contributed by atoms with van der Waals surface area (Å²) in [6.07, 6.45) is 5.09. The third-order valence-corrected chi connectivity index (χ3v) is 5.91. The number of para-hydroxylation sites is 1. The first-order valence-corrected chi connectivity index (χ1v) is 11.4. The molecular formula is C25H25N3O3S. The lowest BCUT2D eigenvalue weighted by Gasteiger charge is -2.11. The van der Waals surface area contributed by atoms with Crippen molar-refractivity contribution in [2.75, 3.05) is 10.6 Å². The number of nitrogens with one attached hydrogen (secondary N) is 2. The summed E-state index contributed by atoms with van der Waals surface area (Å²) in [6, 6.07) is 13.1. The Hall–Kier alpha value is -3.45. The smallest absolute Gasteiger partial charge is 0.248 e. The minimum Gasteiger partial charge on any atom is -0.487 e. The summed E-state index contributed by atoms with van der Waals surface area (Å²) in [5.74, 6) is 0.585. The zero-order valence-electron chi connectivity index (χ0n) is 18.1. The van der Waals surface area contributed by atoms with Crippen molar-refractivity contribution in [3.8, 4) is 5.75 Å². The Balaban J connectivity index is 1.39. The number of anilines is 2. The number of benzene rings is 2. The van der Waals surface area contributed by atoms with Crippen molar-refractivity contribution in [1.29, 1.82) is 0 Å². The third-order valence-electron chi connectivity index (χ3n) is 5.09. The molecule has 6 nitrogen and oxygen atoms in total. The molecule has 1 saturated carbocycles. The van der Waals surface area contributed by atoms with E-state index in [0.29, 0.717) is 23.7 Å². The summed E-state index contributed by atoms with van der Waals surface area (Å²) in [5, 5.41) is 8.78. The molecule has 2 aromatic carbocycles. The van der Waals surface area contributed by atoms with Gasteiger partial charge >= 0.3 is 0 Å². The lowest BCUT2D eigenvalue weighted by molar-refractivity contribution is -0.117. The molecule has 2 amide bonds. The molecule has 2 N–H and O–H groups in total. The summed E-state index contributed by atoms with van der Waals surface area (Å²) < 4.78 is 5.90. The Morgan fingerprint density at radius 3 is 2.72 bits per heavy atom. The van der Waals surface area contributed by atoms with Crippen LogP contribution in [0.5, 0.6) is 5.75 Å². The maximum absolute atomic E-state index is 12.5. The first-order chi connectivity index (χ1) is 15.5. The van der Waals surface area contributed by atoms with Crippen LogP contribution in [-0.2, 0) is 16.2 Å². The van der Waals surface area contributed by atoms with E-state index in [0.717, 1.165) is 34.7 Å². The minimum absolute atomic E-state index is 0.0374. The van der Waals surface area contributed by atoms with Crippen molar-refractivity contribution >= 4 is 40.6 Å². The molecule has 1 fully saturated rings. The predicted molar refractivity (Wildman–Crippen MR) is 128 cm³/mol. The molecule has 7 heteroatoms. The van der Waals surface area contributed by atoms with Crippen LogP contribution in [-0.4, -0.2) is 16.8 Å². The normalized spacial score (nSPS) is 13.2. The maximum atomic E-state index is 12.5. The lowest BCUT2D eigenvalue weighted by Crippen LogP contribution is -2.14. The molecule has 0 aliphatic heterocycles. The van der Waals surface area contributed by atoms with E-state index >= 15 is 0 Å². The molecule has 0 saturated heterocycles. The van der Waals surface area contributed by atoms with Gasteiger partial charge in [0.15, 0.2) is 0 Å². The number of ether oxygens (including phenoxy) is 1. The number of aromatic nitrogens is 1. The second-order valence-corrected chi connectivity index (χ2v) is 8.86. The highest BCUT2D eigenvalue weighted by Crippen LogP contribution is 2.31. The van der Waals surface area contributed by atoms with Gasteiger partial charge in [-0.05, 0) is 56.5 Å². The van der Waals surface area contributed by atoms with Gasteiger partial charge in [0.05, 0.1) is 10.7 Å². The fourth-order valence-electron chi connectivity index (χ4n) is 3.14. The van der Waals surface area contributed by atoms with Crippen LogP contribution < -0.4 is 15.4 Å². The monoisotopic (exact) mass is 447 g/mol. The molecule has 4 rings (SSSR count). The van der Waals surface area contributed by atoms with Crippen molar-refractivity contribution in [2.45, 2.75) is 33.3 Å². The summed E-state index contributed by atoms with van der Waals surface area (Å²) in [4.78, 5) is 29.0. The molecule has 0 unspecified atom stereocenters. The van der Waals surface area contributed by atoms with Gasteiger partial charge in [0.25, 0.3) is 0 Å². The highest BCUT2D eigenvalue weighted by molar-refractivity contribution is 7.09. The maximum Gasteiger partial charge on any atom is 0.248 e. The van der Waals surface area contributed by atoms with Crippen LogP contribution in [0.1, 0.15) is 34.7 Å². The van der Waals surface area contributed by atoms with Gasteiger partial charge in [-0.25, -0.2) is 4.98 Å². The SMILES string of the molecule is Cc1nc(COc2ccccc2C=CC(=O)Nc2cc(NC(=O)C3CC3)ccc2C)cs1. The molecule has 164 valence electrons. The van der Waals surface area contributed by atoms with Gasteiger partial charge in [-0.2, -0.15) is 0 Å². The van der Waals surface area contributed by atoms with Crippen LogP contribution in [0.3, 0.4) is 0 Å². The molecule has 0 atom stereocenters. The van der Waals surface area contributed by atoms with Crippen molar-refractivity contribution < 1.29 is 14.3 Å². The fraction of sp³-hybridized carbons (Fsp3) is 0.240. The Morgan fingerprint density at radius 2 is 1.97 bits per heavy atom. The zero-order chi connectivity index (χ0) is 22.5. The van der Waals surface area contributed by atoms with Crippen molar-refractivity contribution in [3.05, 3.63) is 75.7 Å². The van der Waals surface area contributed by atoms with Crippen LogP contribution in [0.4, 0.5) is 11.4 Å². The lowest BCUT2D eigenvalue weighted by atomic mass is 10.1. The molecule has 1 heterocycles. The third kappa shape index (κ3) is 5.82. The van der Waals surface area contributed by atoms with E-state index in [1.54, 1.807) is 23.5 Å². The van der Waals surface area contributed by atoms with E-state index < -0.39 is 0 Å². The summed E-state index contributed by atoms with van der Waals surface area (Å²) in [7, 11) is 0. The van der Waals surface area contributed by atoms with E-state index in [4.69, 9.17) is 4.74 Å². The highest BCUT2D eigenvalue weighted by atomic mass is 32.1. The molecule has 32 heavy (non-hydrogen) atoms. The summed E-state index contributed by atoms with van der Waals surface area (Å²) >= 11 is 1.59. The van der Waals surface area contributed by atoms with Gasteiger partial charge in [0.2, 0.25) is 11.8 Å². The van der Waals surface area contributed by atoms with Gasteiger partial charge in [-0.1, -0.05) is 24.3 Å². The molecule has 0 bridgehead atoms. The highest BCUT2D eigenvalue weighted by Gasteiger charge is 2.29. The first kappa shape index (κ1) is 21.8. The van der Waals surface area contributed by atoms with Crippen LogP contribution in [0.25, 0.3) is 6.08 Å². The number of thiazole rings is 1. The molecule has 1 aromatic heterocycles. The largest absolute Gasteiger partial charge is 0.487 e. The topological polar surface area (TPSA) is 80.3 Å². The first-order valence-electron chi connectivity index (χ1n) is 10.5. The predicted octanol–water partition coefficient (Wildman–Crippen LogP) is 5.34. The van der Waals surface area contributed by atoms with Gasteiger partial charge in [-0.3, -0.25) is 9.59 Å². The molecular weight excluding hydrogens is 422 g/mol. The van der Waals surface area contributed by atoms with Crippen LogP contribution in [0.2, 0.25) is 0 Å². The number of amides is 2. The minimum atomic E-state index is -0.260. The van der Waals surface area contributed by atoms with Crippen LogP contribution in [0, 0.1) is 19.8 Å². The fourth-order valence-corrected chi connectivity index (χ4v) is 3.74. The van der Waals surface area contributed by atoms with Crippen LogP contribution in [0.15, 0.2) is 53.9 Å². The van der Waals surface area contributed by atoms with Gasteiger partial charge in [-0.15, -0.1) is 11.3 Å². The average molecular weight is 448 g/mol. The number of rotatable bonds is 8. The zero-order valence-corrected chi connectivity index (χ0v) is 18.9. The Bertz CT molecular complexity index is 1160. The summed E-state index contributed by atoms with van der Waals surface area (Å²) in [5.41, 5.74) is 3.95. The number of aryl methyl sites for hydroxylation is 2. The standard InChI is InChI=1S/C25H25N3O3S/c1-16-7-11-20(27-25(30)19-8-9-19)13-22(16)28-24(29)12-10-18-5-3-4-6-23(18)31-14-21-15-32-17(2)26-21/h3-7,10-13,15,19H,8-9,14H2,1-2H3,(H,27,30)(H,28,29). The molecule has 1 aliphatic carbocycles. The van der Waals surface area contributed by atoms with E-state index in [2.05, 4.69) is 15.6 Å². The molecule has 0 spiro atoms. The van der Waals surface area contributed by atoms with Crippen molar-refractivity contribution in [2.24, 2.45) is 5.92 Å². The van der Waals surface area contributed by atoms with E-state index in [1.165, 1.54) is 6.08 Å². The number of carbonyl (C=O) groups excluding carboxylic acids is 2. The van der Waals surface area contributed by atoms with E-state index in [1.807, 2.05) is 55.6 Å². The molecule has 3 aromatic rings.